The van der Waals surface area contributed by atoms with Crippen LogP contribution in [0.5, 0.6) is 0 Å². The van der Waals surface area contributed by atoms with Crippen LogP contribution in [0.4, 0.5) is 5.69 Å². The van der Waals surface area contributed by atoms with Crippen LogP contribution < -0.4 is 5.32 Å². The van der Waals surface area contributed by atoms with E-state index in [1.165, 1.54) is 0 Å². The Kier molecular flexibility index (Phi) is 5.99. The number of halogens is 2. The number of likely N-dealkylation sites (tertiary alicyclic amines) is 1. The molecule has 0 aromatic heterocycles. The number of anilines is 1. The molecule has 2 aromatic rings. The lowest BCUT2D eigenvalue weighted by Gasteiger charge is -2.31. The third kappa shape index (κ3) is 4.27. The summed E-state index contributed by atoms with van der Waals surface area (Å²) in [5.74, 6) is -0.149. The third-order valence-corrected chi connectivity index (χ3v) is 5.90. The molecule has 1 aliphatic rings. The SMILES string of the molecule is Cc1cc(NC(=O)C2CCN(C(=O)c3ccccc3Cl)CC2)ccc1Br. The molecule has 2 amide bonds. The Morgan fingerprint density at radius 2 is 1.85 bits per heavy atom. The fourth-order valence-electron chi connectivity index (χ4n) is 3.12. The minimum Gasteiger partial charge on any atom is -0.339 e. The normalized spacial score (nSPS) is 15.0. The summed E-state index contributed by atoms with van der Waals surface area (Å²) in [5.41, 5.74) is 2.38. The summed E-state index contributed by atoms with van der Waals surface area (Å²) in [6.07, 6.45) is 1.30. The van der Waals surface area contributed by atoms with Gasteiger partial charge in [0.15, 0.2) is 0 Å². The van der Waals surface area contributed by atoms with E-state index in [0.717, 1.165) is 15.7 Å². The number of hydrogen-bond donors (Lipinski definition) is 1. The predicted molar refractivity (Wildman–Crippen MR) is 108 cm³/mol. The van der Waals surface area contributed by atoms with Crippen LogP contribution in [0.15, 0.2) is 46.9 Å². The molecule has 136 valence electrons. The zero-order valence-electron chi connectivity index (χ0n) is 14.5. The summed E-state index contributed by atoms with van der Waals surface area (Å²) in [6, 6.07) is 12.8. The lowest BCUT2D eigenvalue weighted by molar-refractivity contribution is -0.121. The Morgan fingerprint density at radius 3 is 2.50 bits per heavy atom. The van der Waals surface area contributed by atoms with E-state index in [0.29, 0.717) is 36.5 Å². The van der Waals surface area contributed by atoms with Crippen molar-refractivity contribution in [1.82, 2.24) is 4.90 Å². The van der Waals surface area contributed by atoms with Crippen molar-refractivity contribution in [2.24, 2.45) is 5.92 Å². The minimum atomic E-state index is -0.0887. The molecular formula is C20H20BrClN2O2. The van der Waals surface area contributed by atoms with Crippen LogP contribution >= 0.6 is 27.5 Å². The topological polar surface area (TPSA) is 49.4 Å². The molecule has 1 fully saturated rings. The first-order valence-electron chi connectivity index (χ1n) is 8.56. The van der Waals surface area contributed by atoms with Gasteiger partial charge in [0, 0.05) is 29.2 Å². The van der Waals surface area contributed by atoms with Crippen LogP contribution in [0.25, 0.3) is 0 Å². The quantitative estimate of drug-likeness (QED) is 0.745. The molecule has 0 unspecified atom stereocenters. The van der Waals surface area contributed by atoms with Crippen molar-refractivity contribution >= 4 is 45.0 Å². The predicted octanol–water partition coefficient (Wildman–Crippen LogP) is 4.90. The van der Waals surface area contributed by atoms with Gasteiger partial charge in [-0.3, -0.25) is 9.59 Å². The van der Waals surface area contributed by atoms with Crippen molar-refractivity contribution in [1.29, 1.82) is 0 Å². The zero-order chi connectivity index (χ0) is 18.7. The number of aryl methyl sites for hydroxylation is 1. The summed E-state index contributed by atoms with van der Waals surface area (Å²) in [7, 11) is 0. The van der Waals surface area contributed by atoms with Crippen molar-refractivity contribution in [2.75, 3.05) is 18.4 Å². The van der Waals surface area contributed by atoms with Crippen LogP contribution in [0.3, 0.4) is 0 Å². The summed E-state index contributed by atoms with van der Waals surface area (Å²) >= 11 is 9.57. The highest BCUT2D eigenvalue weighted by Gasteiger charge is 2.28. The number of piperidine rings is 1. The second-order valence-electron chi connectivity index (χ2n) is 6.50. The Bertz CT molecular complexity index is 832. The molecule has 1 heterocycles. The highest BCUT2D eigenvalue weighted by molar-refractivity contribution is 9.10. The summed E-state index contributed by atoms with van der Waals surface area (Å²) in [6.45, 7) is 3.10. The smallest absolute Gasteiger partial charge is 0.255 e. The average molecular weight is 436 g/mol. The Balaban J connectivity index is 1.57. The van der Waals surface area contributed by atoms with Crippen LogP contribution in [0.2, 0.25) is 5.02 Å². The number of carbonyl (C=O) groups excluding carboxylic acids is 2. The van der Waals surface area contributed by atoms with Gasteiger partial charge in [-0.1, -0.05) is 39.7 Å². The highest BCUT2D eigenvalue weighted by atomic mass is 79.9. The largest absolute Gasteiger partial charge is 0.339 e. The van der Waals surface area contributed by atoms with Gasteiger partial charge in [-0.05, 0) is 55.7 Å². The van der Waals surface area contributed by atoms with E-state index < -0.39 is 0 Å². The first-order chi connectivity index (χ1) is 12.5. The molecule has 26 heavy (non-hydrogen) atoms. The van der Waals surface area contributed by atoms with Crippen LogP contribution in [0, 0.1) is 12.8 Å². The Labute approximate surface area is 166 Å². The van der Waals surface area contributed by atoms with Gasteiger partial charge in [0.05, 0.1) is 10.6 Å². The number of nitrogens with one attached hydrogen (secondary N) is 1. The highest BCUT2D eigenvalue weighted by Crippen LogP contribution is 2.25. The first-order valence-corrected chi connectivity index (χ1v) is 9.73. The third-order valence-electron chi connectivity index (χ3n) is 4.68. The molecule has 1 N–H and O–H groups in total. The number of nitrogens with zero attached hydrogens (tertiary/aromatic N) is 1. The van der Waals surface area contributed by atoms with E-state index in [1.54, 1.807) is 29.2 Å². The van der Waals surface area contributed by atoms with Crippen molar-refractivity contribution in [3.63, 3.8) is 0 Å². The van der Waals surface area contributed by atoms with E-state index in [9.17, 15) is 9.59 Å². The summed E-state index contributed by atoms with van der Waals surface area (Å²) < 4.78 is 1.02. The van der Waals surface area contributed by atoms with E-state index in [2.05, 4.69) is 21.2 Å². The Hall–Kier alpha value is -1.85. The lowest BCUT2D eigenvalue weighted by atomic mass is 9.95. The van der Waals surface area contributed by atoms with Gasteiger partial charge >= 0.3 is 0 Å². The molecule has 0 radical (unpaired) electrons. The minimum absolute atomic E-state index is 0.0107. The fraction of sp³-hybridized carbons (Fsp3) is 0.300. The molecule has 0 saturated carbocycles. The van der Waals surface area contributed by atoms with Crippen LogP contribution in [-0.4, -0.2) is 29.8 Å². The van der Waals surface area contributed by atoms with Gasteiger partial charge in [-0.25, -0.2) is 0 Å². The molecule has 6 heteroatoms. The molecule has 1 aliphatic heterocycles. The molecule has 2 aromatic carbocycles. The molecule has 0 aliphatic carbocycles. The Morgan fingerprint density at radius 1 is 1.15 bits per heavy atom. The van der Waals surface area contributed by atoms with Crippen LogP contribution in [0.1, 0.15) is 28.8 Å². The molecule has 4 nitrogen and oxygen atoms in total. The van der Waals surface area contributed by atoms with Crippen molar-refractivity contribution in [3.05, 3.63) is 63.1 Å². The summed E-state index contributed by atoms with van der Waals surface area (Å²) in [5, 5.41) is 3.44. The lowest BCUT2D eigenvalue weighted by Crippen LogP contribution is -2.41. The monoisotopic (exact) mass is 434 g/mol. The van der Waals surface area contributed by atoms with Crippen molar-refractivity contribution < 1.29 is 9.59 Å². The second-order valence-corrected chi connectivity index (χ2v) is 7.76. The van der Waals surface area contributed by atoms with Gasteiger partial charge in [0.2, 0.25) is 5.91 Å². The maximum Gasteiger partial charge on any atom is 0.255 e. The van der Waals surface area contributed by atoms with E-state index >= 15 is 0 Å². The molecule has 3 rings (SSSR count). The molecule has 1 saturated heterocycles. The second kappa shape index (κ2) is 8.23. The van der Waals surface area contributed by atoms with Gasteiger partial charge in [-0.2, -0.15) is 0 Å². The maximum absolute atomic E-state index is 12.6. The van der Waals surface area contributed by atoms with Gasteiger partial charge < -0.3 is 10.2 Å². The van der Waals surface area contributed by atoms with Crippen molar-refractivity contribution in [2.45, 2.75) is 19.8 Å². The number of carbonyl (C=O) groups is 2. The van der Waals surface area contributed by atoms with Gasteiger partial charge in [0.1, 0.15) is 0 Å². The summed E-state index contributed by atoms with van der Waals surface area (Å²) in [4.78, 5) is 26.9. The first kappa shape index (κ1) is 18.9. The molecule has 0 spiro atoms. The van der Waals surface area contributed by atoms with E-state index in [1.807, 2.05) is 25.1 Å². The number of hydrogen-bond acceptors (Lipinski definition) is 2. The average Bonchev–Trinajstić information content (AvgIpc) is 2.65. The van der Waals surface area contributed by atoms with E-state index in [4.69, 9.17) is 11.6 Å². The fourth-order valence-corrected chi connectivity index (χ4v) is 3.58. The van der Waals surface area contributed by atoms with Crippen molar-refractivity contribution in [3.8, 4) is 0 Å². The van der Waals surface area contributed by atoms with Gasteiger partial charge in [0.25, 0.3) is 5.91 Å². The molecule has 0 atom stereocenters. The standard InChI is InChI=1S/C20H20BrClN2O2/c1-13-12-15(6-7-17(13)21)23-19(25)14-8-10-24(11-9-14)20(26)16-4-2-3-5-18(16)22/h2-7,12,14H,8-11H2,1H3,(H,23,25). The maximum atomic E-state index is 12.6. The number of amides is 2. The number of rotatable bonds is 3. The van der Waals surface area contributed by atoms with E-state index in [-0.39, 0.29) is 17.7 Å². The molecular weight excluding hydrogens is 416 g/mol. The van der Waals surface area contributed by atoms with Crippen LogP contribution in [-0.2, 0) is 4.79 Å². The number of benzene rings is 2. The molecule has 0 bridgehead atoms. The zero-order valence-corrected chi connectivity index (χ0v) is 16.8. The van der Waals surface area contributed by atoms with Gasteiger partial charge in [-0.15, -0.1) is 0 Å².